The van der Waals surface area contributed by atoms with Crippen LogP contribution in [0.3, 0.4) is 0 Å². The van der Waals surface area contributed by atoms with Gasteiger partial charge in [-0.2, -0.15) is 0 Å². The van der Waals surface area contributed by atoms with E-state index in [1.54, 1.807) is 12.0 Å². The number of carbonyl (C=O) groups excluding carboxylic acids is 1. The minimum atomic E-state index is -0.583. The zero-order valence-corrected chi connectivity index (χ0v) is 12.7. The molecule has 1 aliphatic rings. The fraction of sp³-hybridized carbons (Fsp3) is 0.294. The number of amides is 1. The van der Waals surface area contributed by atoms with Gasteiger partial charge in [-0.3, -0.25) is 9.78 Å². The first-order chi connectivity index (χ1) is 11.1. The number of benzene rings is 1. The smallest absolute Gasteiger partial charge is 0.256 e. The second-order valence-corrected chi connectivity index (χ2v) is 5.57. The molecule has 1 amide bonds. The number of β-amino-alcohol motifs (C(OH)–C–C–N with tert-alkyl or cyclic N) is 1. The number of methoxy groups -OCH3 is 1. The van der Waals surface area contributed by atoms with E-state index in [0.717, 1.165) is 5.56 Å². The second kappa shape index (κ2) is 6.26. The Kier molecular flexibility index (Phi) is 4.16. The summed E-state index contributed by atoms with van der Waals surface area (Å²) < 4.78 is 5.23. The van der Waals surface area contributed by atoms with E-state index in [2.05, 4.69) is 4.98 Å². The van der Waals surface area contributed by atoms with Crippen molar-refractivity contribution < 1.29 is 19.7 Å². The Hall–Kier alpha value is -2.60. The topological polar surface area (TPSA) is 82.9 Å². The van der Waals surface area contributed by atoms with E-state index in [4.69, 9.17) is 4.74 Å². The van der Waals surface area contributed by atoms with Crippen molar-refractivity contribution in [2.75, 3.05) is 13.7 Å². The molecule has 0 bridgehead atoms. The first-order valence-corrected chi connectivity index (χ1v) is 7.35. The quantitative estimate of drug-likeness (QED) is 0.902. The first kappa shape index (κ1) is 15.3. The number of carbonyl (C=O) groups is 1. The number of pyridine rings is 1. The number of aromatic hydroxyl groups is 1. The van der Waals surface area contributed by atoms with Crippen LogP contribution in [0.2, 0.25) is 0 Å². The largest absolute Gasteiger partial charge is 0.506 e. The van der Waals surface area contributed by atoms with E-state index in [9.17, 15) is 15.0 Å². The molecule has 6 heteroatoms. The number of hydrogen-bond acceptors (Lipinski definition) is 5. The van der Waals surface area contributed by atoms with E-state index in [-0.39, 0.29) is 24.2 Å². The van der Waals surface area contributed by atoms with Crippen LogP contribution in [-0.4, -0.2) is 45.8 Å². The van der Waals surface area contributed by atoms with Crippen molar-refractivity contribution in [3.8, 4) is 11.5 Å². The summed E-state index contributed by atoms with van der Waals surface area (Å²) in [4.78, 5) is 18.2. The molecule has 0 aliphatic carbocycles. The zero-order chi connectivity index (χ0) is 16.4. The van der Waals surface area contributed by atoms with E-state index in [1.165, 1.54) is 18.5 Å². The molecule has 1 saturated heterocycles. The van der Waals surface area contributed by atoms with Crippen LogP contribution in [0, 0.1) is 0 Å². The zero-order valence-electron chi connectivity index (χ0n) is 12.7. The average molecular weight is 314 g/mol. The maximum absolute atomic E-state index is 12.7. The van der Waals surface area contributed by atoms with Gasteiger partial charge in [-0.1, -0.05) is 12.1 Å². The Bertz CT molecular complexity index is 719. The average Bonchev–Trinajstić information content (AvgIpc) is 2.96. The van der Waals surface area contributed by atoms with Crippen molar-refractivity contribution in [1.82, 2.24) is 9.88 Å². The number of rotatable bonds is 3. The SMILES string of the molecule is COc1cccc([C@@H]2C[C@H](O)CN2C(=O)c2cncc(O)c2)c1. The summed E-state index contributed by atoms with van der Waals surface area (Å²) in [6.45, 7) is 0.246. The van der Waals surface area contributed by atoms with Crippen molar-refractivity contribution >= 4 is 5.91 Å². The van der Waals surface area contributed by atoms with Gasteiger partial charge in [0.05, 0.1) is 31.0 Å². The Balaban J connectivity index is 1.91. The molecular formula is C17H18N2O4. The number of hydrogen-bond donors (Lipinski definition) is 2. The highest BCUT2D eigenvalue weighted by Gasteiger charge is 2.36. The van der Waals surface area contributed by atoms with Crippen LogP contribution in [0.15, 0.2) is 42.7 Å². The third kappa shape index (κ3) is 3.12. The highest BCUT2D eigenvalue weighted by Crippen LogP contribution is 2.34. The summed E-state index contributed by atoms with van der Waals surface area (Å²) in [5.74, 6) is 0.376. The third-order valence-electron chi connectivity index (χ3n) is 3.99. The lowest BCUT2D eigenvalue weighted by molar-refractivity contribution is 0.0715. The molecule has 2 heterocycles. The standard InChI is InChI=1S/C17H18N2O4/c1-23-15-4-2-3-11(6-15)16-7-14(21)10-19(16)17(22)12-5-13(20)9-18-8-12/h2-6,8-9,14,16,20-21H,7,10H2,1H3/t14-,16-/m0/s1. The number of aromatic nitrogens is 1. The van der Waals surface area contributed by atoms with Crippen LogP contribution in [-0.2, 0) is 0 Å². The van der Waals surface area contributed by atoms with Crippen LogP contribution >= 0.6 is 0 Å². The fourth-order valence-corrected chi connectivity index (χ4v) is 2.91. The molecule has 0 saturated carbocycles. The number of ether oxygens (including phenoxy) is 1. The Morgan fingerprint density at radius 1 is 1.35 bits per heavy atom. The molecule has 23 heavy (non-hydrogen) atoms. The monoisotopic (exact) mass is 314 g/mol. The van der Waals surface area contributed by atoms with Crippen molar-refractivity contribution in [3.05, 3.63) is 53.9 Å². The van der Waals surface area contributed by atoms with Crippen molar-refractivity contribution in [2.45, 2.75) is 18.6 Å². The van der Waals surface area contributed by atoms with E-state index >= 15 is 0 Å². The van der Waals surface area contributed by atoms with E-state index in [1.807, 2.05) is 24.3 Å². The molecule has 0 unspecified atom stereocenters. The van der Waals surface area contributed by atoms with Gasteiger partial charge in [-0.15, -0.1) is 0 Å². The van der Waals surface area contributed by atoms with Gasteiger partial charge in [-0.05, 0) is 30.2 Å². The number of likely N-dealkylation sites (tertiary alicyclic amines) is 1. The lowest BCUT2D eigenvalue weighted by Gasteiger charge is -2.25. The van der Waals surface area contributed by atoms with Gasteiger partial charge in [0.25, 0.3) is 5.91 Å². The van der Waals surface area contributed by atoms with Crippen LogP contribution in [0.25, 0.3) is 0 Å². The maximum atomic E-state index is 12.7. The molecule has 1 fully saturated rings. The van der Waals surface area contributed by atoms with Gasteiger partial charge in [-0.25, -0.2) is 0 Å². The minimum Gasteiger partial charge on any atom is -0.506 e. The number of nitrogens with zero attached hydrogens (tertiary/aromatic N) is 2. The first-order valence-electron chi connectivity index (χ1n) is 7.35. The van der Waals surface area contributed by atoms with Gasteiger partial charge in [0.1, 0.15) is 11.5 Å². The van der Waals surface area contributed by atoms with Gasteiger partial charge in [0.2, 0.25) is 0 Å². The third-order valence-corrected chi connectivity index (χ3v) is 3.99. The Labute approximate surface area is 134 Å². The molecule has 1 aromatic carbocycles. The van der Waals surface area contributed by atoms with E-state index < -0.39 is 6.10 Å². The lowest BCUT2D eigenvalue weighted by atomic mass is 10.0. The van der Waals surface area contributed by atoms with Crippen LogP contribution < -0.4 is 4.74 Å². The Morgan fingerprint density at radius 2 is 2.17 bits per heavy atom. The van der Waals surface area contributed by atoms with Crippen molar-refractivity contribution in [3.63, 3.8) is 0 Å². The van der Waals surface area contributed by atoms with Crippen LogP contribution in [0.4, 0.5) is 0 Å². The summed E-state index contributed by atoms with van der Waals surface area (Å²) in [5, 5.41) is 19.5. The maximum Gasteiger partial charge on any atom is 0.256 e. The normalized spacial score (nSPS) is 20.5. The molecule has 0 spiro atoms. The molecule has 2 aromatic rings. The molecule has 1 aliphatic heterocycles. The molecule has 2 atom stereocenters. The van der Waals surface area contributed by atoms with E-state index in [0.29, 0.717) is 17.7 Å². The molecule has 2 N–H and O–H groups in total. The molecule has 1 aromatic heterocycles. The minimum absolute atomic E-state index is 0.0616. The molecule has 3 rings (SSSR count). The number of aliphatic hydroxyl groups excluding tert-OH is 1. The molecule has 0 radical (unpaired) electrons. The summed E-state index contributed by atoms with van der Waals surface area (Å²) in [6.07, 6.45) is 2.57. The number of aliphatic hydroxyl groups is 1. The highest BCUT2D eigenvalue weighted by molar-refractivity contribution is 5.94. The van der Waals surface area contributed by atoms with Crippen LogP contribution in [0.1, 0.15) is 28.4 Å². The van der Waals surface area contributed by atoms with Gasteiger partial charge < -0.3 is 19.8 Å². The Morgan fingerprint density at radius 3 is 2.91 bits per heavy atom. The van der Waals surface area contributed by atoms with Crippen LogP contribution in [0.5, 0.6) is 11.5 Å². The summed E-state index contributed by atoms with van der Waals surface area (Å²) in [6, 6.07) is 8.60. The second-order valence-electron chi connectivity index (χ2n) is 5.57. The van der Waals surface area contributed by atoms with Crippen molar-refractivity contribution in [2.24, 2.45) is 0 Å². The predicted octanol–water partition coefficient (Wildman–Crippen LogP) is 1.74. The molecular weight excluding hydrogens is 296 g/mol. The fourth-order valence-electron chi connectivity index (χ4n) is 2.91. The van der Waals surface area contributed by atoms with Crippen molar-refractivity contribution in [1.29, 1.82) is 0 Å². The highest BCUT2D eigenvalue weighted by atomic mass is 16.5. The summed E-state index contributed by atoms with van der Waals surface area (Å²) in [7, 11) is 1.59. The summed E-state index contributed by atoms with van der Waals surface area (Å²) in [5.41, 5.74) is 1.20. The molecule has 6 nitrogen and oxygen atoms in total. The predicted molar refractivity (Wildman–Crippen MR) is 83.3 cm³/mol. The van der Waals surface area contributed by atoms with Gasteiger partial charge in [0.15, 0.2) is 0 Å². The molecule has 120 valence electrons. The van der Waals surface area contributed by atoms with Gasteiger partial charge >= 0.3 is 0 Å². The summed E-state index contributed by atoms with van der Waals surface area (Å²) >= 11 is 0. The van der Waals surface area contributed by atoms with Gasteiger partial charge in [0, 0.05) is 12.7 Å². The lowest BCUT2D eigenvalue weighted by Crippen LogP contribution is -2.31.